The number of aromatic nitrogens is 1. The lowest BCUT2D eigenvalue weighted by atomic mass is 10.1. The summed E-state index contributed by atoms with van der Waals surface area (Å²) in [5.74, 6) is 0. The molecule has 1 nitrogen and oxygen atoms in total. The van der Waals surface area contributed by atoms with Crippen LogP contribution in [-0.2, 0) is 0 Å². The molecule has 0 aliphatic carbocycles. The van der Waals surface area contributed by atoms with Gasteiger partial charge in [0.2, 0.25) is 0 Å². The Morgan fingerprint density at radius 1 is 1.38 bits per heavy atom. The van der Waals surface area contributed by atoms with E-state index in [0.29, 0.717) is 5.02 Å². The molecule has 1 aromatic heterocycles. The van der Waals surface area contributed by atoms with Crippen molar-refractivity contribution in [3.8, 4) is 0 Å². The molecule has 0 radical (unpaired) electrons. The molecule has 66 valence electrons. The molecule has 2 aromatic rings. The second-order valence-electron chi connectivity index (χ2n) is 2.89. The standard InChI is InChI=1S/C10H7BrClN/c1-6-3-2-4-7-9(11)8(12)5-13-10(6)7/h2-5H,1H3. The number of fused-ring (bicyclic) bond motifs is 1. The first-order chi connectivity index (χ1) is 6.20. The van der Waals surface area contributed by atoms with Gasteiger partial charge < -0.3 is 0 Å². The van der Waals surface area contributed by atoms with Crippen LogP contribution in [-0.4, -0.2) is 4.98 Å². The van der Waals surface area contributed by atoms with Gasteiger partial charge in [-0.1, -0.05) is 29.8 Å². The van der Waals surface area contributed by atoms with E-state index >= 15 is 0 Å². The summed E-state index contributed by atoms with van der Waals surface area (Å²) in [5.41, 5.74) is 2.16. The van der Waals surface area contributed by atoms with Gasteiger partial charge in [-0.3, -0.25) is 4.98 Å². The predicted molar refractivity (Wildman–Crippen MR) is 59.2 cm³/mol. The summed E-state index contributed by atoms with van der Waals surface area (Å²) >= 11 is 9.37. The van der Waals surface area contributed by atoms with Gasteiger partial charge in [0.1, 0.15) is 0 Å². The molecule has 1 aromatic carbocycles. The summed E-state index contributed by atoms with van der Waals surface area (Å²) in [6, 6.07) is 6.04. The normalized spacial score (nSPS) is 10.7. The Morgan fingerprint density at radius 3 is 2.92 bits per heavy atom. The maximum absolute atomic E-state index is 5.93. The van der Waals surface area contributed by atoms with Crippen LogP contribution in [0.3, 0.4) is 0 Å². The number of benzene rings is 1. The number of pyridine rings is 1. The van der Waals surface area contributed by atoms with Crippen LogP contribution in [0, 0.1) is 6.92 Å². The van der Waals surface area contributed by atoms with Gasteiger partial charge in [0, 0.05) is 16.1 Å². The quantitative estimate of drug-likeness (QED) is 0.695. The summed E-state index contributed by atoms with van der Waals surface area (Å²) in [6.07, 6.45) is 1.67. The lowest BCUT2D eigenvalue weighted by molar-refractivity contribution is 1.36. The third-order valence-corrected chi connectivity index (χ3v) is 3.36. The molecular weight excluding hydrogens is 249 g/mol. The number of hydrogen-bond acceptors (Lipinski definition) is 1. The molecule has 0 amide bonds. The van der Waals surface area contributed by atoms with Crippen LogP contribution in [0.2, 0.25) is 5.02 Å². The van der Waals surface area contributed by atoms with Crippen molar-refractivity contribution < 1.29 is 0 Å². The zero-order valence-electron chi connectivity index (χ0n) is 7.01. The van der Waals surface area contributed by atoms with Gasteiger partial charge in [-0.25, -0.2) is 0 Å². The molecule has 0 saturated carbocycles. The highest BCUT2D eigenvalue weighted by molar-refractivity contribution is 9.10. The van der Waals surface area contributed by atoms with Gasteiger partial charge in [0.15, 0.2) is 0 Å². The fourth-order valence-electron chi connectivity index (χ4n) is 1.31. The summed E-state index contributed by atoms with van der Waals surface area (Å²) in [5, 5.41) is 1.71. The molecule has 3 heteroatoms. The SMILES string of the molecule is Cc1cccc2c(Br)c(Cl)cnc12. The molecule has 0 unspecified atom stereocenters. The third-order valence-electron chi connectivity index (χ3n) is 1.99. The van der Waals surface area contributed by atoms with Crippen molar-refractivity contribution in [1.29, 1.82) is 0 Å². The Kier molecular flexibility index (Phi) is 2.26. The van der Waals surface area contributed by atoms with E-state index in [-0.39, 0.29) is 0 Å². The monoisotopic (exact) mass is 255 g/mol. The van der Waals surface area contributed by atoms with Gasteiger partial charge in [-0.05, 0) is 28.4 Å². The Bertz CT molecular complexity index is 468. The van der Waals surface area contributed by atoms with Crippen LogP contribution in [0.4, 0.5) is 0 Å². The van der Waals surface area contributed by atoms with E-state index in [9.17, 15) is 0 Å². The van der Waals surface area contributed by atoms with Crippen LogP contribution < -0.4 is 0 Å². The second kappa shape index (κ2) is 3.28. The first kappa shape index (κ1) is 8.97. The van der Waals surface area contributed by atoms with E-state index in [4.69, 9.17) is 11.6 Å². The largest absolute Gasteiger partial charge is 0.254 e. The van der Waals surface area contributed by atoms with Gasteiger partial charge >= 0.3 is 0 Å². The van der Waals surface area contributed by atoms with Gasteiger partial charge in [-0.2, -0.15) is 0 Å². The maximum atomic E-state index is 5.93. The Morgan fingerprint density at radius 2 is 2.15 bits per heavy atom. The Balaban J connectivity index is 2.94. The van der Waals surface area contributed by atoms with Crippen molar-refractivity contribution >= 4 is 38.4 Å². The van der Waals surface area contributed by atoms with Crippen LogP contribution in [0.1, 0.15) is 5.56 Å². The van der Waals surface area contributed by atoms with E-state index in [0.717, 1.165) is 20.9 Å². The Hall–Kier alpha value is -0.600. The summed E-state index contributed by atoms with van der Waals surface area (Å²) in [6.45, 7) is 2.04. The lowest BCUT2D eigenvalue weighted by Gasteiger charge is -2.03. The molecule has 2 rings (SSSR count). The first-order valence-corrected chi connectivity index (χ1v) is 5.06. The van der Waals surface area contributed by atoms with Gasteiger partial charge in [-0.15, -0.1) is 0 Å². The van der Waals surface area contributed by atoms with E-state index < -0.39 is 0 Å². The topological polar surface area (TPSA) is 12.9 Å². The third kappa shape index (κ3) is 1.45. The summed E-state index contributed by atoms with van der Waals surface area (Å²) in [4.78, 5) is 4.28. The second-order valence-corrected chi connectivity index (χ2v) is 4.09. The average molecular weight is 257 g/mol. The minimum absolute atomic E-state index is 0.651. The van der Waals surface area contributed by atoms with Gasteiger partial charge in [0.05, 0.1) is 10.5 Å². The number of hydrogen-bond donors (Lipinski definition) is 0. The minimum Gasteiger partial charge on any atom is -0.254 e. The lowest BCUT2D eigenvalue weighted by Crippen LogP contribution is -1.84. The number of nitrogens with zero attached hydrogens (tertiary/aromatic N) is 1. The maximum Gasteiger partial charge on any atom is 0.0743 e. The van der Waals surface area contributed by atoms with Crippen molar-refractivity contribution in [2.24, 2.45) is 0 Å². The van der Waals surface area contributed by atoms with E-state index in [2.05, 4.69) is 20.9 Å². The van der Waals surface area contributed by atoms with E-state index in [1.807, 2.05) is 25.1 Å². The molecule has 0 bridgehead atoms. The zero-order chi connectivity index (χ0) is 9.42. The molecule has 1 heterocycles. The zero-order valence-corrected chi connectivity index (χ0v) is 9.35. The number of rotatable bonds is 0. The highest BCUT2D eigenvalue weighted by Crippen LogP contribution is 2.30. The van der Waals surface area contributed by atoms with Crippen LogP contribution >= 0.6 is 27.5 Å². The molecule has 0 N–H and O–H groups in total. The highest BCUT2D eigenvalue weighted by atomic mass is 79.9. The number of para-hydroxylation sites is 1. The van der Waals surface area contributed by atoms with Crippen molar-refractivity contribution in [2.45, 2.75) is 6.92 Å². The molecule has 13 heavy (non-hydrogen) atoms. The average Bonchev–Trinajstić information content (AvgIpc) is 2.12. The molecule has 0 saturated heterocycles. The van der Waals surface area contributed by atoms with Crippen LogP contribution in [0.15, 0.2) is 28.9 Å². The molecule has 0 fully saturated rings. The summed E-state index contributed by atoms with van der Waals surface area (Å²) in [7, 11) is 0. The predicted octanol–water partition coefficient (Wildman–Crippen LogP) is 3.96. The molecule has 0 aliphatic rings. The minimum atomic E-state index is 0.651. The number of halogens is 2. The Labute approximate surface area is 89.9 Å². The fraction of sp³-hybridized carbons (Fsp3) is 0.100. The fourth-order valence-corrected chi connectivity index (χ4v) is 1.89. The van der Waals surface area contributed by atoms with E-state index in [1.165, 1.54) is 0 Å². The summed E-state index contributed by atoms with van der Waals surface area (Å²) < 4.78 is 0.919. The van der Waals surface area contributed by atoms with Crippen LogP contribution in [0.25, 0.3) is 10.9 Å². The van der Waals surface area contributed by atoms with Crippen molar-refractivity contribution in [3.05, 3.63) is 39.5 Å². The van der Waals surface area contributed by atoms with Crippen molar-refractivity contribution in [1.82, 2.24) is 4.98 Å². The van der Waals surface area contributed by atoms with Crippen molar-refractivity contribution in [3.63, 3.8) is 0 Å². The van der Waals surface area contributed by atoms with Crippen molar-refractivity contribution in [2.75, 3.05) is 0 Å². The molecule has 0 spiro atoms. The highest BCUT2D eigenvalue weighted by Gasteiger charge is 2.04. The molecule has 0 atom stereocenters. The van der Waals surface area contributed by atoms with E-state index in [1.54, 1.807) is 6.20 Å². The number of aryl methyl sites for hydroxylation is 1. The first-order valence-electron chi connectivity index (χ1n) is 3.89. The van der Waals surface area contributed by atoms with Gasteiger partial charge in [0.25, 0.3) is 0 Å². The molecular formula is C10H7BrClN. The molecule has 0 aliphatic heterocycles. The van der Waals surface area contributed by atoms with Crippen LogP contribution in [0.5, 0.6) is 0 Å². The smallest absolute Gasteiger partial charge is 0.0743 e.